The number of ether oxygens (including phenoxy) is 1. The maximum atomic E-state index is 12.1. The predicted octanol–water partition coefficient (Wildman–Crippen LogP) is 5.89. The first kappa shape index (κ1) is 18.1. The van der Waals surface area contributed by atoms with Crippen molar-refractivity contribution in [1.82, 2.24) is 0 Å². The van der Waals surface area contributed by atoms with E-state index in [0.717, 1.165) is 29.8 Å². The summed E-state index contributed by atoms with van der Waals surface area (Å²) in [4.78, 5) is 12.1. The molecule has 0 saturated heterocycles. The Morgan fingerprint density at radius 1 is 1.04 bits per heavy atom. The number of amides is 1. The highest BCUT2D eigenvalue weighted by Gasteiger charge is 2.16. The molecule has 1 aliphatic rings. The fraction of sp³-hybridized carbons (Fsp3) is 0.350. The lowest BCUT2D eigenvalue weighted by molar-refractivity contribution is -0.116. The number of anilines is 1. The Labute approximate surface area is 158 Å². The van der Waals surface area contributed by atoms with E-state index in [4.69, 9.17) is 27.9 Å². The Balaban J connectivity index is 1.47. The molecule has 132 valence electrons. The zero-order valence-electron chi connectivity index (χ0n) is 13.9. The first-order valence-corrected chi connectivity index (χ1v) is 9.36. The highest BCUT2D eigenvalue weighted by atomic mass is 35.5. The Kier molecular flexibility index (Phi) is 6.22. The van der Waals surface area contributed by atoms with Gasteiger partial charge in [0.2, 0.25) is 5.91 Å². The van der Waals surface area contributed by atoms with Crippen molar-refractivity contribution in [3.05, 3.63) is 58.1 Å². The summed E-state index contributed by atoms with van der Waals surface area (Å²) in [5.41, 5.74) is 1.77. The van der Waals surface area contributed by atoms with Crippen molar-refractivity contribution >= 4 is 34.8 Å². The van der Waals surface area contributed by atoms with E-state index in [9.17, 15) is 4.79 Å². The van der Waals surface area contributed by atoms with E-state index >= 15 is 0 Å². The molecule has 1 amide bonds. The molecular weight excluding hydrogens is 357 g/mol. The number of carbonyl (C=O) groups excluding carboxylic acids is 1. The standard InChI is InChI=1S/C20H21Cl2NO2/c21-18-11-5-14(13-19(18)22)6-12-20(24)23-15-7-9-17(10-8-15)25-16-3-1-2-4-16/h5,7-11,13,16H,1-4,6,12H2,(H,23,24). The quantitative estimate of drug-likeness (QED) is 0.681. The van der Waals surface area contributed by atoms with Gasteiger partial charge in [-0.3, -0.25) is 4.79 Å². The van der Waals surface area contributed by atoms with Crippen molar-refractivity contribution in [2.24, 2.45) is 0 Å². The van der Waals surface area contributed by atoms with Crippen LogP contribution in [0.3, 0.4) is 0 Å². The van der Waals surface area contributed by atoms with Crippen LogP contribution in [0.2, 0.25) is 10.0 Å². The van der Waals surface area contributed by atoms with Gasteiger partial charge in [0.15, 0.2) is 0 Å². The predicted molar refractivity (Wildman–Crippen MR) is 103 cm³/mol. The second-order valence-corrected chi connectivity index (χ2v) is 7.16. The second-order valence-electron chi connectivity index (χ2n) is 6.35. The molecule has 0 aliphatic heterocycles. The van der Waals surface area contributed by atoms with E-state index in [-0.39, 0.29) is 5.91 Å². The van der Waals surface area contributed by atoms with Crippen LogP contribution in [-0.2, 0) is 11.2 Å². The van der Waals surface area contributed by atoms with Crippen molar-refractivity contribution < 1.29 is 9.53 Å². The molecule has 0 bridgehead atoms. The Bertz CT molecular complexity index is 725. The second kappa shape index (κ2) is 8.59. The normalized spacial score (nSPS) is 14.5. The summed E-state index contributed by atoms with van der Waals surface area (Å²) in [6, 6.07) is 13.0. The van der Waals surface area contributed by atoms with Crippen LogP contribution in [0.1, 0.15) is 37.7 Å². The Morgan fingerprint density at radius 2 is 1.76 bits per heavy atom. The summed E-state index contributed by atoms with van der Waals surface area (Å²) in [6.45, 7) is 0. The van der Waals surface area contributed by atoms with Crippen LogP contribution in [0.25, 0.3) is 0 Å². The van der Waals surface area contributed by atoms with Gasteiger partial charge < -0.3 is 10.1 Å². The summed E-state index contributed by atoms with van der Waals surface area (Å²) in [5.74, 6) is 0.830. The lowest BCUT2D eigenvalue weighted by Crippen LogP contribution is -2.13. The first-order chi connectivity index (χ1) is 12.1. The zero-order valence-corrected chi connectivity index (χ0v) is 15.4. The number of rotatable bonds is 6. The molecular formula is C20H21Cl2NO2. The fourth-order valence-corrected chi connectivity index (χ4v) is 3.31. The summed E-state index contributed by atoms with van der Waals surface area (Å²) in [6.07, 6.45) is 6.10. The van der Waals surface area contributed by atoms with Gasteiger partial charge in [-0.05, 0) is 74.1 Å². The fourth-order valence-electron chi connectivity index (χ4n) is 2.99. The molecule has 3 nitrogen and oxygen atoms in total. The largest absolute Gasteiger partial charge is 0.490 e. The third-order valence-electron chi connectivity index (χ3n) is 4.37. The lowest BCUT2D eigenvalue weighted by Gasteiger charge is -2.13. The minimum absolute atomic E-state index is 0.0319. The van der Waals surface area contributed by atoms with Crippen LogP contribution in [0.15, 0.2) is 42.5 Å². The molecule has 0 atom stereocenters. The molecule has 0 aromatic heterocycles. The van der Waals surface area contributed by atoms with Crippen molar-refractivity contribution in [3.8, 4) is 5.75 Å². The summed E-state index contributed by atoms with van der Waals surface area (Å²) in [5, 5.41) is 3.94. The van der Waals surface area contributed by atoms with Gasteiger partial charge in [-0.15, -0.1) is 0 Å². The van der Waals surface area contributed by atoms with Crippen LogP contribution in [0, 0.1) is 0 Å². The maximum Gasteiger partial charge on any atom is 0.224 e. The summed E-state index contributed by atoms with van der Waals surface area (Å²) < 4.78 is 5.93. The average Bonchev–Trinajstić information content (AvgIpc) is 3.11. The number of aryl methyl sites for hydroxylation is 1. The number of carbonyl (C=O) groups is 1. The van der Waals surface area contributed by atoms with Crippen molar-refractivity contribution in [2.75, 3.05) is 5.32 Å². The molecule has 1 fully saturated rings. The van der Waals surface area contributed by atoms with Crippen molar-refractivity contribution in [1.29, 1.82) is 0 Å². The van der Waals surface area contributed by atoms with Gasteiger partial charge in [0.25, 0.3) is 0 Å². The van der Waals surface area contributed by atoms with Gasteiger partial charge in [0.1, 0.15) is 5.75 Å². The Morgan fingerprint density at radius 3 is 2.44 bits per heavy atom. The van der Waals surface area contributed by atoms with Gasteiger partial charge in [0, 0.05) is 12.1 Å². The van der Waals surface area contributed by atoms with Gasteiger partial charge >= 0.3 is 0 Å². The van der Waals surface area contributed by atoms with Gasteiger partial charge in [0.05, 0.1) is 16.1 Å². The Hall–Kier alpha value is -1.71. The summed E-state index contributed by atoms with van der Waals surface area (Å²) in [7, 11) is 0. The minimum Gasteiger partial charge on any atom is -0.490 e. The van der Waals surface area contributed by atoms with E-state index in [1.165, 1.54) is 12.8 Å². The highest BCUT2D eigenvalue weighted by Crippen LogP contribution is 2.25. The van der Waals surface area contributed by atoms with Gasteiger partial charge in [-0.1, -0.05) is 29.3 Å². The number of benzene rings is 2. The monoisotopic (exact) mass is 377 g/mol. The molecule has 0 spiro atoms. The van der Waals surface area contributed by atoms with E-state index in [2.05, 4.69) is 5.32 Å². The third-order valence-corrected chi connectivity index (χ3v) is 5.11. The average molecular weight is 378 g/mol. The maximum absolute atomic E-state index is 12.1. The number of hydrogen-bond acceptors (Lipinski definition) is 2. The smallest absolute Gasteiger partial charge is 0.224 e. The molecule has 2 aromatic carbocycles. The third kappa shape index (κ3) is 5.38. The highest BCUT2D eigenvalue weighted by molar-refractivity contribution is 6.42. The molecule has 25 heavy (non-hydrogen) atoms. The van der Waals surface area contributed by atoms with Crippen LogP contribution < -0.4 is 10.1 Å². The van der Waals surface area contributed by atoms with Crippen LogP contribution in [0.5, 0.6) is 5.75 Å². The number of nitrogens with one attached hydrogen (secondary N) is 1. The zero-order chi connectivity index (χ0) is 17.6. The van der Waals surface area contributed by atoms with E-state index < -0.39 is 0 Å². The summed E-state index contributed by atoms with van der Waals surface area (Å²) >= 11 is 11.9. The first-order valence-electron chi connectivity index (χ1n) is 8.60. The molecule has 3 rings (SSSR count). The molecule has 2 aromatic rings. The molecule has 5 heteroatoms. The van der Waals surface area contributed by atoms with Gasteiger partial charge in [-0.2, -0.15) is 0 Å². The number of hydrogen-bond donors (Lipinski definition) is 1. The van der Waals surface area contributed by atoms with E-state index in [0.29, 0.717) is 29.0 Å². The van der Waals surface area contributed by atoms with Gasteiger partial charge in [-0.25, -0.2) is 0 Å². The molecule has 0 unspecified atom stereocenters. The van der Waals surface area contributed by atoms with Crippen LogP contribution >= 0.6 is 23.2 Å². The molecule has 1 aliphatic carbocycles. The molecule has 1 N–H and O–H groups in total. The van der Waals surface area contributed by atoms with E-state index in [1.54, 1.807) is 12.1 Å². The molecule has 0 heterocycles. The van der Waals surface area contributed by atoms with Crippen molar-refractivity contribution in [3.63, 3.8) is 0 Å². The SMILES string of the molecule is O=C(CCc1ccc(Cl)c(Cl)c1)Nc1ccc(OC2CCCC2)cc1. The minimum atomic E-state index is -0.0319. The van der Waals surface area contributed by atoms with Crippen molar-refractivity contribution in [2.45, 2.75) is 44.6 Å². The topological polar surface area (TPSA) is 38.3 Å². The lowest BCUT2D eigenvalue weighted by atomic mass is 10.1. The number of halogens is 2. The molecule has 0 radical (unpaired) electrons. The molecule has 1 saturated carbocycles. The van der Waals surface area contributed by atoms with Crippen LogP contribution in [-0.4, -0.2) is 12.0 Å². The van der Waals surface area contributed by atoms with E-state index in [1.807, 2.05) is 30.3 Å². The van der Waals surface area contributed by atoms with Crippen LogP contribution in [0.4, 0.5) is 5.69 Å².